The van der Waals surface area contributed by atoms with Crippen LogP contribution in [0.1, 0.15) is 5.69 Å². The van der Waals surface area contributed by atoms with Gasteiger partial charge in [-0.15, -0.1) is 0 Å². The van der Waals surface area contributed by atoms with Gasteiger partial charge in [0, 0.05) is 5.56 Å². The Labute approximate surface area is 175 Å². The number of oxazole rings is 1. The van der Waals surface area contributed by atoms with Crippen molar-refractivity contribution in [2.24, 2.45) is 0 Å². The summed E-state index contributed by atoms with van der Waals surface area (Å²) in [5.41, 5.74) is 1.83. The highest BCUT2D eigenvalue weighted by Crippen LogP contribution is 2.28. The summed E-state index contributed by atoms with van der Waals surface area (Å²) in [5, 5.41) is 0. The van der Waals surface area contributed by atoms with Crippen LogP contribution in [0.2, 0.25) is 0 Å². The van der Waals surface area contributed by atoms with Gasteiger partial charge in [0.1, 0.15) is 17.7 Å². The van der Waals surface area contributed by atoms with Crippen LogP contribution in [-0.2, 0) is 16.6 Å². The number of anilines is 1. The van der Waals surface area contributed by atoms with Crippen LogP contribution < -0.4 is 9.04 Å². The van der Waals surface area contributed by atoms with E-state index in [9.17, 15) is 8.42 Å². The Morgan fingerprint density at radius 1 is 0.900 bits per heavy atom. The second kappa shape index (κ2) is 8.42. The van der Waals surface area contributed by atoms with E-state index in [0.717, 1.165) is 5.56 Å². The van der Waals surface area contributed by atoms with Gasteiger partial charge in [-0.1, -0.05) is 36.4 Å². The summed E-state index contributed by atoms with van der Waals surface area (Å²) >= 11 is 0. The first kappa shape index (κ1) is 19.7. The van der Waals surface area contributed by atoms with E-state index in [1.165, 1.54) is 10.6 Å². The number of hydrogen-bond acceptors (Lipinski definition) is 5. The van der Waals surface area contributed by atoms with Crippen molar-refractivity contribution >= 4 is 15.7 Å². The van der Waals surface area contributed by atoms with E-state index in [4.69, 9.17) is 9.15 Å². The number of benzene rings is 3. The molecule has 3 aromatic carbocycles. The molecule has 0 bridgehead atoms. The van der Waals surface area contributed by atoms with Crippen molar-refractivity contribution in [3.05, 3.63) is 96.9 Å². The van der Waals surface area contributed by atoms with E-state index in [-0.39, 0.29) is 11.4 Å². The topological polar surface area (TPSA) is 72.6 Å². The van der Waals surface area contributed by atoms with Crippen molar-refractivity contribution in [3.8, 4) is 17.2 Å². The number of aromatic nitrogens is 1. The van der Waals surface area contributed by atoms with Crippen molar-refractivity contribution in [1.29, 1.82) is 0 Å². The van der Waals surface area contributed by atoms with Crippen LogP contribution in [0.5, 0.6) is 5.75 Å². The monoisotopic (exact) mass is 420 g/mol. The fourth-order valence-electron chi connectivity index (χ4n) is 3.02. The molecule has 0 unspecified atom stereocenters. The first-order valence-corrected chi connectivity index (χ1v) is 10.7. The summed E-state index contributed by atoms with van der Waals surface area (Å²) < 4.78 is 38.9. The zero-order chi connectivity index (χ0) is 21.0. The summed E-state index contributed by atoms with van der Waals surface area (Å²) in [5.74, 6) is 1.08. The third-order valence-corrected chi connectivity index (χ3v) is 6.36. The highest BCUT2D eigenvalue weighted by atomic mass is 32.2. The lowest BCUT2D eigenvalue weighted by molar-refractivity contribution is 0.415. The molecule has 0 atom stereocenters. The standard InChI is InChI=1S/C23H20N2O4S/c1-28-21-14-12-20(13-15-21)25(30(26,27)22-10-6-3-7-11-22)16-19-17-29-23(24-19)18-8-4-2-5-9-18/h2-15,17H,16H2,1H3. The van der Waals surface area contributed by atoms with E-state index in [1.54, 1.807) is 61.7 Å². The van der Waals surface area contributed by atoms with Crippen LogP contribution in [0.15, 0.2) is 101 Å². The van der Waals surface area contributed by atoms with E-state index in [2.05, 4.69) is 4.98 Å². The predicted octanol–water partition coefficient (Wildman–Crippen LogP) is 4.75. The minimum Gasteiger partial charge on any atom is -0.497 e. The van der Waals surface area contributed by atoms with Gasteiger partial charge in [-0.05, 0) is 48.5 Å². The third kappa shape index (κ3) is 4.06. The molecule has 6 nitrogen and oxygen atoms in total. The van der Waals surface area contributed by atoms with Crippen molar-refractivity contribution < 1.29 is 17.6 Å². The number of hydrogen-bond donors (Lipinski definition) is 0. The first-order chi connectivity index (χ1) is 14.6. The van der Waals surface area contributed by atoms with Gasteiger partial charge in [-0.25, -0.2) is 13.4 Å². The van der Waals surface area contributed by atoms with Gasteiger partial charge in [0.25, 0.3) is 10.0 Å². The minimum absolute atomic E-state index is 0.0277. The number of nitrogens with zero attached hydrogens (tertiary/aromatic N) is 2. The summed E-state index contributed by atoms with van der Waals surface area (Å²) in [6.07, 6.45) is 1.49. The molecule has 1 heterocycles. The van der Waals surface area contributed by atoms with Crippen LogP contribution >= 0.6 is 0 Å². The van der Waals surface area contributed by atoms with Gasteiger partial charge in [0.2, 0.25) is 5.89 Å². The SMILES string of the molecule is COc1ccc(N(Cc2coc(-c3ccccc3)n2)S(=O)(=O)c2ccccc2)cc1. The van der Waals surface area contributed by atoms with Gasteiger partial charge >= 0.3 is 0 Å². The Morgan fingerprint density at radius 3 is 2.17 bits per heavy atom. The molecule has 0 saturated carbocycles. The lowest BCUT2D eigenvalue weighted by atomic mass is 10.2. The second-order valence-electron chi connectivity index (χ2n) is 6.53. The van der Waals surface area contributed by atoms with Crippen LogP contribution in [-0.4, -0.2) is 20.5 Å². The van der Waals surface area contributed by atoms with E-state index in [1.807, 2.05) is 30.3 Å². The fraction of sp³-hybridized carbons (Fsp3) is 0.0870. The highest BCUT2D eigenvalue weighted by Gasteiger charge is 2.26. The predicted molar refractivity (Wildman–Crippen MR) is 115 cm³/mol. The largest absolute Gasteiger partial charge is 0.497 e. The zero-order valence-corrected chi connectivity index (χ0v) is 17.1. The van der Waals surface area contributed by atoms with Gasteiger partial charge < -0.3 is 9.15 Å². The molecular formula is C23H20N2O4S. The van der Waals surface area contributed by atoms with Crippen molar-refractivity contribution in [1.82, 2.24) is 4.98 Å². The Kier molecular flexibility index (Phi) is 5.54. The van der Waals surface area contributed by atoms with Gasteiger partial charge in [0.15, 0.2) is 0 Å². The van der Waals surface area contributed by atoms with Crippen LogP contribution in [0.25, 0.3) is 11.5 Å². The highest BCUT2D eigenvalue weighted by molar-refractivity contribution is 7.92. The Balaban J connectivity index is 1.71. The smallest absolute Gasteiger partial charge is 0.264 e. The molecule has 0 fully saturated rings. The van der Waals surface area contributed by atoms with E-state index < -0.39 is 10.0 Å². The first-order valence-electron chi connectivity index (χ1n) is 9.29. The van der Waals surface area contributed by atoms with E-state index >= 15 is 0 Å². The van der Waals surface area contributed by atoms with Crippen LogP contribution in [0.3, 0.4) is 0 Å². The average Bonchev–Trinajstić information content (AvgIpc) is 3.27. The van der Waals surface area contributed by atoms with Crippen molar-refractivity contribution in [2.45, 2.75) is 11.4 Å². The molecule has 1 aromatic heterocycles. The summed E-state index contributed by atoms with van der Waals surface area (Å²) in [6, 6.07) is 24.6. The molecule has 4 rings (SSSR count). The second-order valence-corrected chi connectivity index (χ2v) is 8.40. The van der Waals surface area contributed by atoms with Gasteiger partial charge in [-0.2, -0.15) is 0 Å². The van der Waals surface area contributed by atoms with Gasteiger partial charge in [-0.3, -0.25) is 4.31 Å². The summed E-state index contributed by atoms with van der Waals surface area (Å²) in [4.78, 5) is 4.69. The minimum atomic E-state index is -3.82. The maximum Gasteiger partial charge on any atom is 0.264 e. The molecule has 0 saturated heterocycles. The molecule has 0 radical (unpaired) electrons. The Morgan fingerprint density at radius 2 is 1.53 bits per heavy atom. The molecular weight excluding hydrogens is 400 g/mol. The molecule has 7 heteroatoms. The van der Waals surface area contributed by atoms with E-state index in [0.29, 0.717) is 23.0 Å². The number of sulfonamides is 1. The molecule has 0 N–H and O–H groups in total. The van der Waals surface area contributed by atoms with Crippen molar-refractivity contribution in [3.63, 3.8) is 0 Å². The number of rotatable bonds is 7. The normalized spacial score (nSPS) is 11.2. The molecule has 0 spiro atoms. The Hall–Kier alpha value is -3.58. The lowest BCUT2D eigenvalue weighted by Gasteiger charge is -2.23. The third-order valence-electron chi connectivity index (χ3n) is 4.57. The molecule has 0 aliphatic rings. The molecule has 0 aliphatic carbocycles. The van der Waals surface area contributed by atoms with Crippen LogP contribution in [0, 0.1) is 0 Å². The number of methoxy groups -OCH3 is 1. The Bertz CT molecular complexity index is 1210. The quantitative estimate of drug-likeness (QED) is 0.432. The molecule has 30 heavy (non-hydrogen) atoms. The van der Waals surface area contributed by atoms with Gasteiger partial charge in [0.05, 0.1) is 24.2 Å². The lowest BCUT2D eigenvalue weighted by Crippen LogP contribution is -2.30. The fourth-order valence-corrected chi connectivity index (χ4v) is 4.48. The summed E-state index contributed by atoms with van der Waals surface area (Å²) in [7, 11) is -2.25. The van der Waals surface area contributed by atoms with Crippen LogP contribution in [0.4, 0.5) is 5.69 Å². The average molecular weight is 420 g/mol. The number of ether oxygens (including phenoxy) is 1. The zero-order valence-electron chi connectivity index (χ0n) is 16.3. The molecule has 4 aromatic rings. The maximum absolute atomic E-state index is 13.4. The van der Waals surface area contributed by atoms with Crippen molar-refractivity contribution in [2.75, 3.05) is 11.4 Å². The molecule has 0 amide bonds. The maximum atomic E-state index is 13.4. The molecule has 0 aliphatic heterocycles. The summed E-state index contributed by atoms with van der Waals surface area (Å²) in [6.45, 7) is 0.0277. The molecule has 152 valence electrons.